The Morgan fingerprint density at radius 1 is 1.46 bits per heavy atom. The maximum absolute atomic E-state index is 12.5. The monoisotopic (exact) mass is 379 g/mol. The number of carbonyl (C=O) groups excluding carboxylic acids is 1. The van der Waals surface area contributed by atoms with Crippen molar-refractivity contribution >= 4 is 45.4 Å². The fourth-order valence-corrected chi connectivity index (χ4v) is 4.51. The van der Waals surface area contributed by atoms with Gasteiger partial charge in [-0.05, 0) is 36.7 Å². The lowest BCUT2D eigenvalue weighted by atomic mass is 10.0. The maximum atomic E-state index is 12.5. The van der Waals surface area contributed by atoms with Crippen molar-refractivity contribution in [3.8, 4) is 6.07 Å². The minimum absolute atomic E-state index is 0.289. The van der Waals surface area contributed by atoms with E-state index < -0.39 is 0 Å². The van der Waals surface area contributed by atoms with E-state index in [1.807, 2.05) is 0 Å². The van der Waals surface area contributed by atoms with Crippen LogP contribution in [-0.4, -0.2) is 23.9 Å². The summed E-state index contributed by atoms with van der Waals surface area (Å²) in [5.41, 5.74) is 1.97. The molecule has 2 aromatic rings. The highest BCUT2D eigenvalue weighted by Crippen LogP contribution is 2.37. The van der Waals surface area contributed by atoms with Gasteiger partial charge in [0, 0.05) is 23.0 Å². The van der Waals surface area contributed by atoms with Gasteiger partial charge in [-0.2, -0.15) is 5.26 Å². The van der Waals surface area contributed by atoms with Gasteiger partial charge in [-0.1, -0.05) is 30.1 Å². The Bertz CT molecular complexity index is 841. The summed E-state index contributed by atoms with van der Waals surface area (Å²) in [4.78, 5) is 16.0. The van der Waals surface area contributed by atoms with Crippen molar-refractivity contribution in [2.24, 2.45) is 0 Å². The Labute approximate surface area is 154 Å². The Balaban J connectivity index is 1.89. The van der Waals surface area contributed by atoms with Gasteiger partial charge >= 0.3 is 0 Å². The second kappa shape index (κ2) is 7.12. The highest BCUT2D eigenvalue weighted by atomic mass is 35.5. The van der Waals surface area contributed by atoms with Crippen LogP contribution in [0.15, 0.2) is 18.2 Å². The van der Waals surface area contributed by atoms with E-state index in [0.29, 0.717) is 21.2 Å². The number of nitrogens with one attached hydrogen (secondary N) is 1. The summed E-state index contributed by atoms with van der Waals surface area (Å²) in [6, 6.07) is 6.97. The number of nitrogens with zero attached hydrogens (tertiary/aromatic N) is 2. The number of likely N-dealkylation sites (N-methyl/N-ethyl adjacent to an activating group) is 1. The van der Waals surface area contributed by atoms with Gasteiger partial charge < -0.3 is 5.32 Å². The van der Waals surface area contributed by atoms with E-state index in [1.54, 1.807) is 12.1 Å². The number of fused-ring (bicyclic) bond motifs is 1. The van der Waals surface area contributed by atoms with Crippen LogP contribution in [0.2, 0.25) is 10.0 Å². The summed E-state index contributed by atoms with van der Waals surface area (Å²) >= 11 is 13.4. The molecule has 0 atom stereocenters. The van der Waals surface area contributed by atoms with E-state index in [4.69, 9.17) is 23.2 Å². The number of amides is 1. The second-order valence-corrected chi connectivity index (χ2v) is 7.47. The smallest absolute Gasteiger partial charge is 0.257 e. The largest absolute Gasteiger partial charge is 0.312 e. The van der Waals surface area contributed by atoms with Crippen molar-refractivity contribution in [2.45, 2.75) is 19.9 Å². The molecule has 0 aliphatic carbocycles. The molecule has 0 fully saturated rings. The first kappa shape index (κ1) is 17.2. The number of benzene rings is 1. The molecule has 3 rings (SSSR count). The van der Waals surface area contributed by atoms with Crippen LogP contribution in [0, 0.1) is 11.3 Å². The molecule has 1 N–H and O–H groups in total. The topological polar surface area (TPSA) is 56.1 Å². The summed E-state index contributed by atoms with van der Waals surface area (Å²) in [6.07, 6.45) is 0.833. The van der Waals surface area contributed by atoms with Gasteiger partial charge in [0.15, 0.2) is 0 Å². The molecule has 24 heavy (non-hydrogen) atoms. The molecule has 1 aliphatic heterocycles. The third kappa shape index (κ3) is 3.28. The number of hydrogen-bond acceptors (Lipinski definition) is 4. The molecule has 1 aromatic carbocycles. The van der Waals surface area contributed by atoms with Gasteiger partial charge in [0.05, 0.1) is 16.1 Å². The lowest BCUT2D eigenvalue weighted by Crippen LogP contribution is -2.29. The quantitative estimate of drug-likeness (QED) is 0.850. The van der Waals surface area contributed by atoms with Crippen molar-refractivity contribution in [3.05, 3.63) is 49.8 Å². The molecule has 1 aromatic heterocycles. The normalized spacial score (nSPS) is 14.1. The van der Waals surface area contributed by atoms with Crippen molar-refractivity contribution in [3.63, 3.8) is 0 Å². The van der Waals surface area contributed by atoms with Gasteiger partial charge in [0.25, 0.3) is 5.91 Å². The zero-order valence-corrected chi connectivity index (χ0v) is 15.4. The highest BCUT2D eigenvalue weighted by molar-refractivity contribution is 7.16. The summed E-state index contributed by atoms with van der Waals surface area (Å²) < 4.78 is 0. The molecular weight excluding hydrogens is 365 g/mol. The van der Waals surface area contributed by atoms with E-state index in [9.17, 15) is 10.1 Å². The average Bonchev–Trinajstić information content (AvgIpc) is 2.90. The summed E-state index contributed by atoms with van der Waals surface area (Å²) in [6.45, 7) is 4.85. The molecule has 1 amide bonds. The van der Waals surface area contributed by atoms with Crippen molar-refractivity contribution in [1.82, 2.24) is 4.90 Å². The molecule has 2 heterocycles. The fraction of sp³-hybridized carbons (Fsp3) is 0.294. The molecule has 0 spiro atoms. The number of rotatable bonds is 3. The van der Waals surface area contributed by atoms with E-state index in [1.165, 1.54) is 17.4 Å². The van der Waals surface area contributed by atoms with Gasteiger partial charge in [0.2, 0.25) is 0 Å². The van der Waals surface area contributed by atoms with Crippen molar-refractivity contribution in [1.29, 1.82) is 5.26 Å². The Kier molecular flexibility index (Phi) is 5.12. The first-order valence-electron chi connectivity index (χ1n) is 7.56. The maximum Gasteiger partial charge on any atom is 0.257 e. The Morgan fingerprint density at radius 2 is 2.25 bits per heavy atom. The summed E-state index contributed by atoms with van der Waals surface area (Å²) in [5.74, 6) is -0.334. The first-order chi connectivity index (χ1) is 11.5. The highest BCUT2D eigenvalue weighted by Gasteiger charge is 2.25. The lowest BCUT2D eigenvalue weighted by molar-refractivity contribution is 0.102. The van der Waals surface area contributed by atoms with E-state index in [-0.39, 0.29) is 10.9 Å². The molecular formula is C17H15Cl2N3OS. The van der Waals surface area contributed by atoms with Crippen LogP contribution < -0.4 is 5.32 Å². The molecule has 0 unspecified atom stereocenters. The van der Waals surface area contributed by atoms with Crippen LogP contribution in [0.3, 0.4) is 0 Å². The number of hydrogen-bond donors (Lipinski definition) is 1. The Hall–Kier alpha value is -1.58. The molecule has 0 radical (unpaired) electrons. The van der Waals surface area contributed by atoms with Crippen LogP contribution >= 0.6 is 34.5 Å². The van der Waals surface area contributed by atoms with E-state index in [0.717, 1.165) is 36.5 Å². The molecule has 4 nitrogen and oxygen atoms in total. The van der Waals surface area contributed by atoms with Crippen LogP contribution in [0.1, 0.15) is 33.3 Å². The fourth-order valence-electron chi connectivity index (χ4n) is 2.78. The van der Waals surface area contributed by atoms with Crippen LogP contribution in [0.4, 0.5) is 5.00 Å². The standard InChI is InChI=1S/C17H15Cl2N3OS/c1-2-22-6-5-11-13(8-20)17(24-15(11)9-22)21-16(23)12-4-3-10(18)7-14(12)19/h3-4,7H,2,5-6,9H2,1H3,(H,21,23). The molecule has 1 aliphatic rings. The van der Waals surface area contributed by atoms with Gasteiger partial charge in [-0.3, -0.25) is 9.69 Å². The number of thiophene rings is 1. The zero-order chi connectivity index (χ0) is 17.3. The predicted octanol–water partition coefficient (Wildman–Crippen LogP) is 4.56. The van der Waals surface area contributed by atoms with Crippen molar-refractivity contribution < 1.29 is 4.79 Å². The molecule has 0 bridgehead atoms. The molecule has 0 saturated carbocycles. The number of anilines is 1. The van der Waals surface area contributed by atoms with Crippen LogP contribution in [0.5, 0.6) is 0 Å². The van der Waals surface area contributed by atoms with Gasteiger partial charge in [0.1, 0.15) is 11.1 Å². The summed E-state index contributed by atoms with van der Waals surface area (Å²) in [5, 5.41) is 13.7. The van der Waals surface area contributed by atoms with Gasteiger partial charge in [-0.15, -0.1) is 11.3 Å². The Morgan fingerprint density at radius 3 is 2.92 bits per heavy atom. The number of halogens is 2. The first-order valence-corrected chi connectivity index (χ1v) is 9.14. The van der Waals surface area contributed by atoms with Crippen LogP contribution in [-0.2, 0) is 13.0 Å². The van der Waals surface area contributed by atoms with E-state index >= 15 is 0 Å². The van der Waals surface area contributed by atoms with Crippen LogP contribution in [0.25, 0.3) is 0 Å². The van der Waals surface area contributed by atoms with Crippen molar-refractivity contribution in [2.75, 3.05) is 18.4 Å². The zero-order valence-electron chi connectivity index (χ0n) is 13.0. The SMILES string of the molecule is CCN1CCc2c(sc(NC(=O)c3ccc(Cl)cc3Cl)c2C#N)C1. The predicted molar refractivity (Wildman–Crippen MR) is 98.1 cm³/mol. The second-order valence-electron chi connectivity index (χ2n) is 5.52. The minimum atomic E-state index is -0.334. The third-order valence-electron chi connectivity index (χ3n) is 4.10. The molecule has 7 heteroatoms. The van der Waals surface area contributed by atoms with Gasteiger partial charge in [-0.25, -0.2) is 0 Å². The molecule has 124 valence electrons. The lowest BCUT2D eigenvalue weighted by Gasteiger charge is -2.24. The summed E-state index contributed by atoms with van der Waals surface area (Å²) in [7, 11) is 0. The minimum Gasteiger partial charge on any atom is -0.312 e. The number of nitriles is 1. The molecule has 0 saturated heterocycles. The number of carbonyl (C=O) groups is 1. The average molecular weight is 380 g/mol. The third-order valence-corrected chi connectivity index (χ3v) is 5.78. The van der Waals surface area contributed by atoms with E-state index in [2.05, 4.69) is 23.2 Å².